The molecule has 0 fully saturated rings. The van der Waals surface area contributed by atoms with E-state index >= 15 is 0 Å². The van der Waals surface area contributed by atoms with E-state index in [0.717, 1.165) is 95.5 Å². The lowest BCUT2D eigenvalue weighted by atomic mass is 9.67. The number of hydrogen-bond acceptors (Lipinski definition) is 8. The van der Waals surface area contributed by atoms with Gasteiger partial charge in [-0.15, -0.1) is 22.7 Å². The molecule has 2 aliphatic carbocycles. The molecule has 22 rings (SSSR count). The fourth-order valence-corrected chi connectivity index (χ4v) is 20.7. The zero-order valence-corrected chi connectivity index (χ0v) is 61.6. The Hall–Kier alpha value is -13.6. The maximum Gasteiger partial charge on any atom is 0.138 e. The molecule has 518 valence electrons. The van der Waals surface area contributed by atoms with Crippen LogP contribution in [0.2, 0.25) is 0 Å². The second kappa shape index (κ2) is 24.4. The predicted molar refractivity (Wildman–Crippen MR) is 460 cm³/mol. The van der Waals surface area contributed by atoms with Crippen LogP contribution < -0.4 is 10.6 Å². The van der Waals surface area contributed by atoms with E-state index in [1.807, 2.05) is 114 Å². The number of fused-ring (bicyclic) bond motifs is 18. The number of para-hydroxylation sites is 1. The molecule has 18 aromatic rings. The lowest BCUT2D eigenvalue weighted by molar-refractivity contribution is 0.663. The number of aromatic nitrogens is 2. The van der Waals surface area contributed by atoms with Crippen LogP contribution in [0.15, 0.2) is 350 Å². The van der Waals surface area contributed by atoms with Gasteiger partial charge < -0.3 is 30.6 Å². The molecule has 0 unspecified atom stereocenters. The first kappa shape index (κ1) is 63.6. The fourth-order valence-electron chi connectivity index (χ4n) is 18.2. The fraction of sp³-hybridized carbons (Fsp3) is 0.0400. The van der Waals surface area contributed by atoms with E-state index in [-0.39, 0.29) is 0 Å². The third-order valence-electron chi connectivity index (χ3n) is 23.2. The number of aliphatic imine (C=N–C) groups is 2. The predicted octanol–water partition coefficient (Wildman–Crippen LogP) is 24.8. The van der Waals surface area contributed by atoms with Crippen molar-refractivity contribution in [1.82, 2.24) is 19.8 Å². The van der Waals surface area contributed by atoms with E-state index in [9.17, 15) is 5.41 Å². The summed E-state index contributed by atoms with van der Waals surface area (Å²) in [6, 6.07) is 118. The first-order chi connectivity index (χ1) is 54.1. The minimum atomic E-state index is -0.529. The average molecular weight is 1440 g/mol. The van der Waals surface area contributed by atoms with Crippen molar-refractivity contribution < 1.29 is 0 Å². The Morgan fingerprint density at radius 2 is 0.791 bits per heavy atom. The Morgan fingerprint density at radius 3 is 1.35 bits per heavy atom. The highest BCUT2D eigenvalue weighted by Gasteiger charge is 2.47. The smallest absolute Gasteiger partial charge is 0.138 e. The molecule has 0 atom stereocenters. The van der Waals surface area contributed by atoms with Crippen molar-refractivity contribution in [1.29, 1.82) is 10.8 Å². The highest BCUT2D eigenvalue weighted by Crippen LogP contribution is 2.60. The highest BCUT2D eigenvalue weighted by molar-refractivity contribution is 7.27. The number of nitrogens with one attached hydrogen (secondary N) is 4. The van der Waals surface area contributed by atoms with Crippen molar-refractivity contribution in [3.63, 3.8) is 0 Å². The first-order valence-electron chi connectivity index (χ1n) is 37.3. The zero-order chi connectivity index (χ0) is 73.1. The van der Waals surface area contributed by atoms with Gasteiger partial charge in [-0.25, -0.2) is 9.98 Å². The van der Waals surface area contributed by atoms with E-state index in [4.69, 9.17) is 15.4 Å². The summed E-state index contributed by atoms with van der Waals surface area (Å²) >= 11 is 3.74. The molecule has 10 heteroatoms. The maximum atomic E-state index is 9.65. The van der Waals surface area contributed by atoms with Gasteiger partial charge in [-0.2, -0.15) is 0 Å². The Labute approximate surface area is 643 Å². The minimum Gasteiger partial charge on any atom is -0.339 e. The summed E-state index contributed by atoms with van der Waals surface area (Å²) in [5, 5.41) is 31.1. The number of allylic oxidation sites excluding steroid dienone is 2. The van der Waals surface area contributed by atoms with Gasteiger partial charge in [-0.05, 0) is 193 Å². The van der Waals surface area contributed by atoms with Crippen LogP contribution in [-0.4, -0.2) is 32.2 Å². The normalized spacial score (nSPS) is 15.0. The number of rotatable bonds is 11. The van der Waals surface area contributed by atoms with Crippen molar-refractivity contribution in [3.05, 3.63) is 406 Å². The van der Waals surface area contributed by atoms with Gasteiger partial charge in [0.25, 0.3) is 0 Å². The molecule has 6 heterocycles. The quantitative estimate of drug-likeness (QED) is 0.0969. The number of amidine groups is 2. The molecule has 2 aliphatic heterocycles. The van der Waals surface area contributed by atoms with Crippen molar-refractivity contribution >= 4 is 131 Å². The third kappa shape index (κ3) is 9.56. The van der Waals surface area contributed by atoms with Crippen LogP contribution in [-0.2, 0) is 10.8 Å². The summed E-state index contributed by atoms with van der Waals surface area (Å²) in [5.74, 6) is 1.44. The topological polar surface area (TPSA) is 106 Å². The molecular formula is C100H66N8S2. The summed E-state index contributed by atoms with van der Waals surface area (Å²) in [5.41, 5.74) is 30.3. The monoisotopic (exact) mass is 1440 g/mol. The molecule has 0 saturated carbocycles. The van der Waals surface area contributed by atoms with Gasteiger partial charge in [0.15, 0.2) is 0 Å². The van der Waals surface area contributed by atoms with E-state index in [0.29, 0.717) is 17.3 Å². The van der Waals surface area contributed by atoms with Crippen LogP contribution in [0.3, 0.4) is 0 Å². The minimum absolute atomic E-state index is 0.390. The summed E-state index contributed by atoms with van der Waals surface area (Å²) in [6.07, 6.45) is 3.88. The molecular weight excluding hydrogens is 1380 g/mol. The third-order valence-corrected chi connectivity index (χ3v) is 25.6. The average Bonchev–Trinajstić information content (AvgIpc) is 1.51. The van der Waals surface area contributed by atoms with Crippen molar-refractivity contribution in [2.24, 2.45) is 9.98 Å². The Balaban J connectivity index is 0.641. The zero-order valence-electron chi connectivity index (χ0n) is 59.9. The second-order valence-electron chi connectivity index (χ2n) is 29.6. The summed E-state index contributed by atoms with van der Waals surface area (Å²) < 4.78 is 9.99. The molecule has 14 aromatic carbocycles. The first-order valence-corrected chi connectivity index (χ1v) is 39.0. The van der Waals surface area contributed by atoms with Crippen molar-refractivity contribution in [2.75, 3.05) is 0 Å². The van der Waals surface area contributed by atoms with E-state index < -0.39 is 10.8 Å². The Morgan fingerprint density at radius 1 is 0.355 bits per heavy atom. The molecule has 4 aromatic heterocycles. The van der Waals surface area contributed by atoms with Crippen LogP contribution in [0.5, 0.6) is 0 Å². The van der Waals surface area contributed by atoms with Crippen molar-refractivity contribution in [3.8, 4) is 44.8 Å². The lowest BCUT2D eigenvalue weighted by Crippen LogP contribution is -2.28. The molecule has 8 nitrogen and oxygen atoms in total. The summed E-state index contributed by atoms with van der Waals surface area (Å²) in [4.78, 5) is 10.6. The van der Waals surface area contributed by atoms with Gasteiger partial charge in [-0.3, -0.25) is 0 Å². The van der Waals surface area contributed by atoms with Crippen LogP contribution >= 0.6 is 22.7 Å². The van der Waals surface area contributed by atoms with Crippen LogP contribution in [0.4, 0.5) is 11.4 Å². The van der Waals surface area contributed by atoms with Gasteiger partial charge in [0.1, 0.15) is 11.7 Å². The molecule has 4 aliphatic rings. The summed E-state index contributed by atoms with van der Waals surface area (Å²) in [6.45, 7) is 4.78. The largest absolute Gasteiger partial charge is 0.339 e. The van der Waals surface area contributed by atoms with Crippen LogP contribution in [0, 0.1) is 10.8 Å². The molecule has 0 bridgehead atoms. The molecule has 4 N–H and O–H groups in total. The summed E-state index contributed by atoms with van der Waals surface area (Å²) in [7, 11) is 0. The van der Waals surface area contributed by atoms with Crippen molar-refractivity contribution in [2.45, 2.75) is 24.7 Å². The standard InChI is InChI=1S/C100H66N8S2/c1-99(2)80-53-77-89(108(93-72-34-17-21-40-90(72)109-95(77)93)67-47-42-61(43-48-67)97-103-84-39-20-16-33-71(84)86(105-97)57-82(101)59-24-7-3-8-25-59)56-75(80)70-37-23-36-68(92(70)99)63-46-51-85-76(52-63)87(58-83(102)60-26-9-4-10-27-60)106-98(104-85)62-44-49-66(50-45-62)107-88-55-74-69-32-15-19-38-79(69)100(64-28-11-5-12-29-64,65-30-13-6-14-31-65)81(74)54-78(88)96-94(107)73-35-18-22-41-91(73)110-96/h3-58,101-102H,1-2H3,(H,103,105)(H,104,106). The van der Waals surface area contributed by atoms with E-state index in [1.54, 1.807) is 0 Å². The number of thiophene rings is 2. The molecule has 0 spiro atoms. The number of benzene rings is 14. The van der Waals surface area contributed by atoms with Gasteiger partial charge in [-0.1, -0.05) is 238 Å². The van der Waals surface area contributed by atoms with E-state index in [2.05, 4.69) is 282 Å². The van der Waals surface area contributed by atoms with Gasteiger partial charge in [0.2, 0.25) is 0 Å². The Kier molecular flexibility index (Phi) is 14.1. The van der Waals surface area contributed by atoms with Crippen LogP contribution in [0.1, 0.15) is 80.6 Å². The van der Waals surface area contributed by atoms with Gasteiger partial charge in [0, 0.05) is 70.0 Å². The van der Waals surface area contributed by atoms with Gasteiger partial charge in [0.05, 0.1) is 71.1 Å². The molecule has 0 radical (unpaired) electrons. The molecule has 0 saturated heterocycles. The van der Waals surface area contributed by atoms with E-state index in [1.165, 1.54) is 107 Å². The van der Waals surface area contributed by atoms with Gasteiger partial charge >= 0.3 is 0 Å². The lowest BCUT2D eigenvalue weighted by Gasteiger charge is -2.33. The SMILES string of the molecule is CC1(C)c2cc3c4sc5ccccc5c4n(-c4ccc(C5=Nc6ccccc6C(=CC(=N)c6ccccc6)N5)cc4)c3cc2-c2cccc(-c3ccc4c(c3)C(=CC(=N)c3ccccc3)NC(c3ccc(-n5c6cc7c(cc6c6sc8ccccc8c65)C(c5ccccc5)(c5ccccc5)c5ccccc5-7)cc3)=N4)c21. The second-order valence-corrected chi connectivity index (χ2v) is 31.7. The van der Waals surface area contributed by atoms with Crippen LogP contribution in [0.25, 0.3) is 119 Å². The Bertz CT molecular complexity index is 7070. The molecule has 0 amide bonds. The number of nitrogens with zero attached hydrogens (tertiary/aromatic N) is 4. The highest BCUT2D eigenvalue weighted by atomic mass is 32.1. The maximum absolute atomic E-state index is 9.65. The number of hydrogen-bond donors (Lipinski definition) is 4. The molecule has 110 heavy (non-hydrogen) atoms.